The molecule has 0 amide bonds. The zero-order chi connectivity index (χ0) is 18.6. The molecule has 0 heterocycles. The molecule has 1 fully saturated rings. The average Bonchev–Trinajstić information content (AvgIpc) is 2.54. The van der Waals surface area contributed by atoms with Gasteiger partial charge in [0.1, 0.15) is 12.2 Å². The number of rotatable bonds is 6. The van der Waals surface area contributed by atoms with Crippen LogP contribution in [0.1, 0.15) is 52.5 Å². The molecule has 2 unspecified atom stereocenters. The van der Waals surface area contributed by atoms with Gasteiger partial charge in [-0.05, 0) is 55.2 Å². The molecule has 5 heteroatoms. The van der Waals surface area contributed by atoms with Crippen LogP contribution >= 0.6 is 0 Å². The Hall–Kier alpha value is -1.40. The van der Waals surface area contributed by atoms with Gasteiger partial charge >= 0.3 is 0 Å². The minimum atomic E-state index is -0.519. The largest absolute Gasteiger partial charge is 0.359 e. The highest BCUT2D eigenvalue weighted by Crippen LogP contribution is 2.42. The molecule has 25 heavy (non-hydrogen) atoms. The lowest BCUT2D eigenvalue weighted by Gasteiger charge is -2.40. The van der Waals surface area contributed by atoms with Crippen molar-refractivity contribution in [3.63, 3.8) is 0 Å². The van der Waals surface area contributed by atoms with E-state index in [0.29, 0.717) is 18.8 Å². The van der Waals surface area contributed by atoms with Crippen LogP contribution in [0.4, 0.5) is 5.69 Å². The van der Waals surface area contributed by atoms with Gasteiger partial charge in [-0.1, -0.05) is 39.8 Å². The summed E-state index contributed by atoms with van der Waals surface area (Å²) in [5.74, 6) is 0.385. The lowest BCUT2D eigenvalue weighted by Crippen LogP contribution is -2.41. The van der Waals surface area contributed by atoms with Gasteiger partial charge in [-0.25, -0.2) is 9.78 Å². The number of hydrogen-bond acceptors (Lipinski definition) is 5. The molecule has 1 aliphatic rings. The van der Waals surface area contributed by atoms with Gasteiger partial charge in [0, 0.05) is 17.0 Å². The highest BCUT2D eigenvalue weighted by Gasteiger charge is 2.41. The molecular formula is C20H30NO4. The fraction of sp³-hybridized carbons (Fsp3) is 0.550. The van der Waals surface area contributed by atoms with Crippen LogP contribution in [0.15, 0.2) is 35.5 Å². The highest BCUT2D eigenvalue weighted by atomic mass is 17.1. The van der Waals surface area contributed by atoms with Gasteiger partial charge in [-0.15, -0.1) is 0 Å². The SMILES string of the molecule is [CH2]c1ccc(NC(CC(C)C)=C2C(OO)CC(C)(C)CC2OO)cc1. The van der Waals surface area contributed by atoms with E-state index < -0.39 is 12.2 Å². The number of hydrogen-bond donors (Lipinski definition) is 3. The Morgan fingerprint density at radius 2 is 1.68 bits per heavy atom. The van der Waals surface area contributed by atoms with Gasteiger partial charge in [0.05, 0.1) is 0 Å². The molecule has 3 N–H and O–H groups in total. The molecule has 0 aliphatic heterocycles. The summed E-state index contributed by atoms with van der Waals surface area (Å²) in [6.07, 6.45) is 1.02. The topological polar surface area (TPSA) is 71.0 Å². The maximum atomic E-state index is 9.49. The molecule has 1 saturated carbocycles. The number of benzene rings is 1. The Balaban J connectivity index is 2.43. The summed E-state index contributed by atoms with van der Waals surface area (Å²) in [4.78, 5) is 9.58. The van der Waals surface area contributed by atoms with Crippen molar-refractivity contribution in [1.29, 1.82) is 0 Å². The summed E-state index contributed by atoms with van der Waals surface area (Å²) in [6.45, 7) is 12.3. The van der Waals surface area contributed by atoms with Crippen molar-refractivity contribution in [1.82, 2.24) is 0 Å². The zero-order valence-electron chi connectivity index (χ0n) is 15.6. The van der Waals surface area contributed by atoms with Gasteiger partial charge in [0.15, 0.2) is 0 Å². The minimum Gasteiger partial charge on any atom is -0.359 e. The fourth-order valence-corrected chi connectivity index (χ4v) is 3.50. The molecule has 0 bridgehead atoms. The van der Waals surface area contributed by atoms with E-state index >= 15 is 0 Å². The third kappa shape index (κ3) is 5.28. The molecule has 1 aliphatic carbocycles. The van der Waals surface area contributed by atoms with Crippen LogP contribution in [0.3, 0.4) is 0 Å². The molecule has 139 valence electrons. The van der Waals surface area contributed by atoms with Gasteiger partial charge in [0.2, 0.25) is 0 Å². The molecule has 0 saturated heterocycles. The average molecular weight is 348 g/mol. The van der Waals surface area contributed by atoms with Crippen molar-refractivity contribution < 1.29 is 20.3 Å². The summed E-state index contributed by atoms with van der Waals surface area (Å²) >= 11 is 0. The van der Waals surface area contributed by atoms with E-state index in [2.05, 4.69) is 39.9 Å². The molecule has 2 rings (SSSR count). The third-order valence-electron chi connectivity index (χ3n) is 4.63. The van der Waals surface area contributed by atoms with E-state index in [1.165, 1.54) is 0 Å². The van der Waals surface area contributed by atoms with Crippen molar-refractivity contribution in [2.45, 2.75) is 59.2 Å². The van der Waals surface area contributed by atoms with E-state index in [4.69, 9.17) is 9.78 Å². The van der Waals surface area contributed by atoms with E-state index in [1.807, 2.05) is 24.3 Å². The monoisotopic (exact) mass is 348 g/mol. The van der Waals surface area contributed by atoms with Gasteiger partial charge < -0.3 is 5.32 Å². The maximum Gasteiger partial charge on any atom is 0.119 e. The quantitative estimate of drug-likeness (QED) is 0.492. The smallest absolute Gasteiger partial charge is 0.119 e. The highest BCUT2D eigenvalue weighted by molar-refractivity contribution is 5.51. The number of nitrogens with one attached hydrogen (secondary N) is 1. The van der Waals surface area contributed by atoms with Crippen LogP contribution in [0.25, 0.3) is 0 Å². The second kappa shape index (κ2) is 8.32. The first-order valence-electron chi connectivity index (χ1n) is 8.78. The normalized spacial score (nSPS) is 23.0. The second-order valence-corrected chi connectivity index (χ2v) is 8.11. The predicted molar refractivity (Wildman–Crippen MR) is 99.0 cm³/mol. The van der Waals surface area contributed by atoms with Gasteiger partial charge in [0.25, 0.3) is 0 Å². The van der Waals surface area contributed by atoms with Gasteiger partial charge in [-0.2, -0.15) is 0 Å². The molecule has 2 atom stereocenters. The Morgan fingerprint density at radius 3 is 2.12 bits per heavy atom. The van der Waals surface area contributed by atoms with Crippen LogP contribution in [-0.2, 0) is 9.78 Å². The molecule has 1 aromatic carbocycles. The van der Waals surface area contributed by atoms with Crippen molar-refractivity contribution in [2.75, 3.05) is 5.32 Å². The van der Waals surface area contributed by atoms with Crippen molar-refractivity contribution >= 4 is 5.69 Å². The molecule has 0 spiro atoms. The summed E-state index contributed by atoms with van der Waals surface area (Å²) < 4.78 is 0. The van der Waals surface area contributed by atoms with Crippen molar-refractivity contribution in [3.8, 4) is 0 Å². The number of allylic oxidation sites excluding steroid dienone is 1. The summed E-state index contributed by atoms with van der Waals surface area (Å²) in [5, 5.41) is 22.4. The Bertz CT molecular complexity index is 574. The minimum absolute atomic E-state index is 0.108. The Labute approximate surface area is 150 Å². The molecule has 1 aromatic rings. The lowest BCUT2D eigenvalue weighted by molar-refractivity contribution is -0.310. The Morgan fingerprint density at radius 1 is 1.16 bits per heavy atom. The predicted octanol–water partition coefficient (Wildman–Crippen LogP) is 5.12. The standard InChI is InChI=1S/C20H30NO4/c1-13(2)10-16(21-15-8-6-14(3)7-9-15)19-17(24-22)11-20(4,5)12-18(19)25-23/h6-9,13,17-18,21-23H,3,10-12H2,1-2,4-5H3. The van der Waals surface area contributed by atoms with Gasteiger partial charge in [-0.3, -0.25) is 10.5 Å². The van der Waals surface area contributed by atoms with Crippen LogP contribution in [0, 0.1) is 18.3 Å². The van der Waals surface area contributed by atoms with Crippen LogP contribution < -0.4 is 5.32 Å². The third-order valence-corrected chi connectivity index (χ3v) is 4.63. The Kier molecular flexibility index (Phi) is 6.63. The zero-order valence-corrected chi connectivity index (χ0v) is 15.6. The summed E-state index contributed by atoms with van der Waals surface area (Å²) in [5.41, 5.74) is 3.45. The maximum absolute atomic E-state index is 9.49. The van der Waals surface area contributed by atoms with Crippen LogP contribution in [0.2, 0.25) is 0 Å². The first kappa shape index (κ1) is 19.9. The van der Waals surface area contributed by atoms with E-state index in [0.717, 1.165) is 28.9 Å². The summed E-state index contributed by atoms with van der Waals surface area (Å²) in [7, 11) is 0. The lowest BCUT2D eigenvalue weighted by atomic mass is 9.71. The van der Waals surface area contributed by atoms with E-state index in [-0.39, 0.29) is 5.41 Å². The fourth-order valence-electron chi connectivity index (χ4n) is 3.50. The van der Waals surface area contributed by atoms with Crippen LogP contribution in [0.5, 0.6) is 0 Å². The van der Waals surface area contributed by atoms with Crippen LogP contribution in [-0.4, -0.2) is 22.7 Å². The molecule has 1 radical (unpaired) electrons. The van der Waals surface area contributed by atoms with E-state index in [9.17, 15) is 10.5 Å². The molecule has 5 nitrogen and oxygen atoms in total. The molecule has 0 aromatic heterocycles. The van der Waals surface area contributed by atoms with Crippen molar-refractivity contribution in [3.05, 3.63) is 48.0 Å². The van der Waals surface area contributed by atoms with E-state index in [1.54, 1.807) is 0 Å². The first-order valence-corrected chi connectivity index (χ1v) is 8.78. The molecular weight excluding hydrogens is 318 g/mol. The first-order chi connectivity index (χ1) is 11.8. The van der Waals surface area contributed by atoms with Crippen molar-refractivity contribution in [2.24, 2.45) is 11.3 Å². The summed E-state index contributed by atoms with van der Waals surface area (Å²) in [6, 6.07) is 7.78. The number of anilines is 1. The second-order valence-electron chi connectivity index (χ2n) is 8.11.